The molecule has 0 aromatic heterocycles. The van der Waals surface area contributed by atoms with Crippen molar-refractivity contribution < 1.29 is 4.74 Å². The molecule has 0 amide bonds. The first-order valence-electron chi connectivity index (χ1n) is 8.46. The number of halogens is 1. The van der Waals surface area contributed by atoms with Crippen LogP contribution in [-0.2, 0) is 4.74 Å². The normalized spacial score (nSPS) is 13.3. The van der Waals surface area contributed by atoms with Gasteiger partial charge in [0.05, 0.1) is 0 Å². The highest BCUT2D eigenvalue weighted by atomic mass is 35.5. The Morgan fingerprint density at radius 3 is 1.75 bits per heavy atom. The van der Waals surface area contributed by atoms with Crippen LogP contribution in [0.1, 0.15) is 84.0 Å². The maximum absolute atomic E-state index is 5.16. The summed E-state index contributed by atoms with van der Waals surface area (Å²) in [5, 5.41) is 0. The molecule has 0 spiro atoms. The second-order valence-electron chi connectivity index (χ2n) is 5.78. The fourth-order valence-electron chi connectivity index (χ4n) is 2.61. The molecule has 1 rings (SSSR count). The molecule has 0 unspecified atom stereocenters. The van der Waals surface area contributed by atoms with Crippen LogP contribution in [0.25, 0.3) is 0 Å². The second-order valence-corrected chi connectivity index (χ2v) is 5.78. The molecule has 0 aromatic rings. The van der Waals surface area contributed by atoms with Gasteiger partial charge < -0.3 is 9.64 Å². The Morgan fingerprint density at radius 2 is 1.30 bits per heavy atom. The van der Waals surface area contributed by atoms with Crippen LogP contribution in [0, 0.1) is 0 Å². The molecule has 3 heteroatoms. The van der Waals surface area contributed by atoms with Crippen LogP contribution in [0.15, 0.2) is 12.5 Å². The third kappa shape index (κ3) is 11.5. The quantitative estimate of drug-likeness (QED) is 0.394. The van der Waals surface area contributed by atoms with E-state index in [2.05, 4.69) is 18.0 Å². The predicted octanol–water partition coefficient (Wildman–Crippen LogP) is 5.87. The lowest BCUT2D eigenvalue weighted by Crippen LogP contribution is -2.16. The van der Waals surface area contributed by atoms with Gasteiger partial charge in [0.25, 0.3) is 0 Å². The lowest BCUT2D eigenvalue weighted by atomic mass is 10.1. The van der Waals surface area contributed by atoms with E-state index in [1.54, 1.807) is 6.26 Å². The molecule has 0 bridgehead atoms. The molecule has 0 atom stereocenters. The summed E-state index contributed by atoms with van der Waals surface area (Å²) in [4.78, 5) is 2.25. The van der Waals surface area contributed by atoms with Gasteiger partial charge in [0, 0.05) is 12.7 Å². The average Bonchev–Trinajstić information content (AvgIpc) is 2.93. The van der Waals surface area contributed by atoms with Crippen LogP contribution in [0.3, 0.4) is 0 Å². The van der Waals surface area contributed by atoms with Crippen LogP contribution in [-0.4, -0.2) is 18.2 Å². The van der Waals surface area contributed by atoms with Gasteiger partial charge in [-0.25, -0.2) is 0 Å². The zero-order valence-corrected chi connectivity index (χ0v) is 14.1. The maximum Gasteiger partial charge on any atom is 0.160 e. The summed E-state index contributed by atoms with van der Waals surface area (Å²) in [5.74, 6) is 0. The van der Waals surface area contributed by atoms with Crippen molar-refractivity contribution in [3.63, 3.8) is 0 Å². The molecule has 0 radical (unpaired) electrons. The summed E-state index contributed by atoms with van der Waals surface area (Å²) in [7, 11) is 0. The van der Waals surface area contributed by atoms with Crippen LogP contribution in [0.4, 0.5) is 0 Å². The van der Waals surface area contributed by atoms with E-state index >= 15 is 0 Å². The van der Waals surface area contributed by atoms with Gasteiger partial charge in [-0.05, 0) is 6.42 Å². The Balaban J connectivity index is 0.00000361. The number of ether oxygens (including phenoxy) is 1. The smallest absolute Gasteiger partial charge is 0.160 e. The molecular formula is C17H34ClNO. The summed E-state index contributed by atoms with van der Waals surface area (Å²) in [6, 6.07) is 0. The molecule has 1 aliphatic rings. The van der Waals surface area contributed by atoms with Gasteiger partial charge in [-0.1, -0.05) is 77.6 Å². The van der Waals surface area contributed by atoms with E-state index < -0.39 is 0 Å². The molecule has 2 nitrogen and oxygen atoms in total. The molecule has 0 aliphatic carbocycles. The average molecular weight is 304 g/mol. The largest absolute Gasteiger partial charge is 0.479 e. The summed E-state index contributed by atoms with van der Waals surface area (Å²) < 4.78 is 5.16. The standard InChI is InChI=1S/C17H33NO.ClH/c1-2-3-4-5-6-7-8-9-10-11-12-13-14-18-15-16-19-17-18;/h15-16H,2-14,17H2,1H3;1H. The summed E-state index contributed by atoms with van der Waals surface area (Å²) in [5.41, 5.74) is 0. The van der Waals surface area contributed by atoms with Gasteiger partial charge in [-0.2, -0.15) is 0 Å². The molecular weight excluding hydrogens is 270 g/mol. The molecule has 0 fully saturated rings. The highest BCUT2D eigenvalue weighted by molar-refractivity contribution is 5.85. The van der Waals surface area contributed by atoms with E-state index in [0.29, 0.717) is 0 Å². The summed E-state index contributed by atoms with van der Waals surface area (Å²) in [6.07, 6.45) is 20.9. The monoisotopic (exact) mass is 303 g/mol. The van der Waals surface area contributed by atoms with E-state index in [1.165, 1.54) is 77.0 Å². The van der Waals surface area contributed by atoms with E-state index in [1.807, 2.05) is 0 Å². The molecule has 20 heavy (non-hydrogen) atoms. The zero-order chi connectivity index (χ0) is 13.6. The van der Waals surface area contributed by atoms with Crippen LogP contribution < -0.4 is 0 Å². The van der Waals surface area contributed by atoms with Gasteiger partial charge in [-0.15, -0.1) is 12.4 Å². The minimum atomic E-state index is 0. The Labute approximate surface area is 132 Å². The van der Waals surface area contributed by atoms with Crippen molar-refractivity contribution in [1.29, 1.82) is 0 Å². The fourth-order valence-corrected chi connectivity index (χ4v) is 2.61. The first-order valence-corrected chi connectivity index (χ1v) is 8.46. The van der Waals surface area contributed by atoms with E-state index in [9.17, 15) is 0 Å². The topological polar surface area (TPSA) is 12.5 Å². The van der Waals surface area contributed by atoms with Crippen molar-refractivity contribution in [2.24, 2.45) is 0 Å². The third-order valence-electron chi connectivity index (χ3n) is 3.91. The summed E-state index contributed by atoms with van der Waals surface area (Å²) in [6.45, 7) is 4.21. The number of nitrogens with zero attached hydrogens (tertiary/aromatic N) is 1. The van der Waals surface area contributed by atoms with Crippen LogP contribution >= 0.6 is 12.4 Å². The predicted molar refractivity (Wildman–Crippen MR) is 90.1 cm³/mol. The second kappa shape index (κ2) is 15.0. The SMILES string of the molecule is CCCCCCCCCCCCCCN1C=COC1.Cl. The highest BCUT2D eigenvalue weighted by Gasteiger charge is 2.03. The molecule has 0 saturated carbocycles. The lowest BCUT2D eigenvalue weighted by Gasteiger charge is -2.12. The van der Waals surface area contributed by atoms with Crippen molar-refractivity contribution in [2.75, 3.05) is 13.3 Å². The number of rotatable bonds is 13. The van der Waals surface area contributed by atoms with Gasteiger partial charge >= 0.3 is 0 Å². The molecule has 0 saturated heterocycles. The Bertz CT molecular complexity index is 221. The van der Waals surface area contributed by atoms with E-state index in [-0.39, 0.29) is 12.4 Å². The first-order chi connectivity index (χ1) is 9.43. The van der Waals surface area contributed by atoms with Crippen molar-refractivity contribution in [3.05, 3.63) is 12.5 Å². The molecule has 0 N–H and O–H groups in total. The molecule has 0 aromatic carbocycles. The van der Waals surface area contributed by atoms with Crippen LogP contribution in [0.5, 0.6) is 0 Å². The molecule has 1 aliphatic heterocycles. The minimum absolute atomic E-state index is 0. The van der Waals surface area contributed by atoms with Gasteiger partial charge in [0.1, 0.15) is 6.26 Å². The van der Waals surface area contributed by atoms with Crippen molar-refractivity contribution >= 4 is 12.4 Å². The number of unbranched alkanes of at least 4 members (excludes halogenated alkanes) is 11. The molecule has 120 valence electrons. The molecule has 1 heterocycles. The third-order valence-corrected chi connectivity index (χ3v) is 3.91. The minimum Gasteiger partial charge on any atom is -0.479 e. The van der Waals surface area contributed by atoms with Gasteiger partial charge in [-0.3, -0.25) is 0 Å². The number of hydrogen-bond acceptors (Lipinski definition) is 2. The fraction of sp³-hybridized carbons (Fsp3) is 0.882. The summed E-state index contributed by atoms with van der Waals surface area (Å²) >= 11 is 0. The van der Waals surface area contributed by atoms with Gasteiger partial charge in [0.2, 0.25) is 0 Å². The number of hydrogen-bond donors (Lipinski definition) is 0. The van der Waals surface area contributed by atoms with Crippen molar-refractivity contribution in [3.8, 4) is 0 Å². The Kier molecular flexibility index (Phi) is 14.7. The lowest BCUT2D eigenvalue weighted by molar-refractivity contribution is 0.169. The first kappa shape index (κ1) is 19.6. The zero-order valence-electron chi connectivity index (χ0n) is 13.3. The van der Waals surface area contributed by atoms with Crippen molar-refractivity contribution in [2.45, 2.75) is 84.0 Å². The highest BCUT2D eigenvalue weighted by Crippen LogP contribution is 2.12. The van der Waals surface area contributed by atoms with Crippen LogP contribution in [0.2, 0.25) is 0 Å². The Morgan fingerprint density at radius 1 is 0.800 bits per heavy atom. The van der Waals surface area contributed by atoms with Crippen molar-refractivity contribution in [1.82, 2.24) is 4.90 Å². The maximum atomic E-state index is 5.16. The van der Waals surface area contributed by atoms with E-state index in [0.717, 1.165) is 13.3 Å². The van der Waals surface area contributed by atoms with Gasteiger partial charge in [0.15, 0.2) is 6.73 Å². The van der Waals surface area contributed by atoms with E-state index in [4.69, 9.17) is 4.74 Å². The Hall–Kier alpha value is -0.370.